The topological polar surface area (TPSA) is 177 Å². The smallest absolute Gasteiger partial charge is 0.306 e. The minimum atomic E-state index is -1.32. The van der Waals surface area contributed by atoms with Crippen LogP contribution in [0.4, 0.5) is 0 Å². The molecule has 0 aliphatic carbocycles. The molecule has 4 heterocycles. The molecule has 11 unspecified atom stereocenters. The first-order valence-corrected chi connectivity index (χ1v) is 18.1. The van der Waals surface area contributed by atoms with Crippen molar-refractivity contribution in [3.8, 4) is 0 Å². The fourth-order valence-corrected chi connectivity index (χ4v) is 8.85. The second kappa shape index (κ2) is 16.2. The standard InChI is InChI=1S/C36H60N6O5/c1-24-31(43)18-30(42-13-12-38-23-42)29(40-24)17-32(44)27-10-5-3-4-6-11-36(47,21-34(45)46)22-39-35(2)19-28(41-33(37)20-35)16-26-9-7-8-25(14-26)15-27/h7-9,12,14,24,27-33,39-41,43-44,47H,3-6,10-11,13,15-23,37H2,1-2H3,(H,45,46)/p+1. The summed E-state index contributed by atoms with van der Waals surface area (Å²) in [7, 11) is 0. The Morgan fingerprint density at radius 1 is 1.15 bits per heavy atom. The predicted octanol–water partition coefficient (Wildman–Crippen LogP) is 0.491. The number of aliphatic hydroxyl groups is 3. The van der Waals surface area contributed by atoms with Gasteiger partial charge < -0.3 is 41.7 Å². The average molecular weight is 658 g/mol. The lowest BCUT2D eigenvalue weighted by molar-refractivity contribution is -0.914. The van der Waals surface area contributed by atoms with E-state index in [0.29, 0.717) is 32.4 Å². The lowest BCUT2D eigenvalue weighted by Crippen LogP contribution is -3.16. The van der Waals surface area contributed by atoms with Crippen LogP contribution in [0.2, 0.25) is 0 Å². The number of rotatable bonds is 6. The van der Waals surface area contributed by atoms with Gasteiger partial charge in [0.15, 0.2) is 6.67 Å². The highest BCUT2D eigenvalue weighted by Crippen LogP contribution is 2.30. The summed E-state index contributed by atoms with van der Waals surface area (Å²) in [6.07, 6.45) is 9.88. The molecule has 1 aromatic carbocycles. The third kappa shape index (κ3) is 10.3. The van der Waals surface area contributed by atoms with Crippen molar-refractivity contribution in [3.63, 3.8) is 0 Å². The maximum atomic E-state index is 11.9. The Morgan fingerprint density at radius 3 is 2.66 bits per heavy atom. The molecule has 0 radical (unpaired) electrons. The quantitative estimate of drug-likeness (QED) is 0.211. The van der Waals surface area contributed by atoms with Crippen LogP contribution in [-0.4, -0.2) is 106 Å². The van der Waals surface area contributed by atoms with E-state index in [1.807, 2.05) is 13.1 Å². The van der Waals surface area contributed by atoms with Crippen LogP contribution >= 0.6 is 0 Å². The number of piperidine rings is 2. The maximum absolute atomic E-state index is 11.9. The average Bonchev–Trinajstić information content (AvgIpc) is 3.53. The van der Waals surface area contributed by atoms with Gasteiger partial charge in [0.1, 0.15) is 12.6 Å². The number of carboxylic acid groups (broad SMARTS) is 1. The Hall–Kier alpha value is -1.96. The van der Waals surface area contributed by atoms with Crippen LogP contribution in [0.3, 0.4) is 0 Å². The predicted molar refractivity (Wildman–Crippen MR) is 183 cm³/mol. The number of carbonyl (C=O) groups is 1. The van der Waals surface area contributed by atoms with E-state index in [0.717, 1.165) is 57.9 Å². The summed E-state index contributed by atoms with van der Waals surface area (Å²) in [5.41, 5.74) is 7.30. The van der Waals surface area contributed by atoms with Crippen LogP contribution in [0.5, 0.6) is 0 Å². The van der Waals surface area contributed by atoms with E-state index in [-0.39, 0.29) is 54.8 Å². The molecule has 11 atom stereocenters. The molecule has 4 aliphatic rings. The number of hydrogen-bond acceptors (Lipinski definition) is 9. The largest absolute Gasteiger partial charge is 0.481 e. The number of nitrogens with one attached hydrogen (secondary N) is 4. The third-order valence-corrected chi connectivity index (χ3v) is 11.5. The Kier molecular flexibility index (Phi) is 12.5. The van der Waals surface area contributed by atoms with Crippen LogP contribution in [0.15, 0.2) is 29.3 Å². The molecule has 11 nitrogen and oxygen atoms in total. The molecule has 2 saturated heterocycles. The van der Waals surface area contributed by atoms with Crippen molar-refractivity contribution >= 4 is 12.2 Å². The molecule has 11 heteroatoms. The van der Waals surface area contributed by atoms with Gasteiger partial charge in [-0.2, -0.15) is 0 Å². The van der Waals surface area contributed by atoms with Gasteiger partial charge in [0.2, 0.25) is 0 Å². The van der Waals surface area contributed by atoms with Gasteiger partial charge in [0.05, 0.1) is 42.7 Å². The van der Waals surface area contributed by atoms with E-state index in [4.69, 9.17) is 5.73 Å². The molecular formula is C36H61N6O5+. The van der Waals surface area contributed by atoms with Crippen molar-refractivity contribution in [3.05, 3.63) is 35.4 Å². The summed E-state index contributed by atoms with van der Waals surface area (Å²) in [4.78, 5) is 17.5. The zero-order valence-corrected chi connectivity index (χ0v) is 28.5. The summed E-state index contributed by atoms with van der Waals surface area (Å²) >= 11 is 0. The summed E-state index contributed by atoms with van der Waals surface area (Å²) in [6, 6.07) is 9.15. The van der Waals surface area contributed by atoms with Gasteiger partial charge in [-0.1, -0.05) is 49.9 Å². The molecule has 1 aromatic rings. The highest BCUT2D eigenvalue weighted by molar-refractivity contribution is 5.68. The van der Waals surface area contributed by atoms with Crippen molar-refractivity contribution in [2.75, 3.05) is 19.8 Å². The first-order chi connectivity index (χ1) is 22.4. The molecule has 0 saturated carbocycles. The number of benzene rings is 1. The van der Waals surface area contributed by atoms with Crippen LogP contribution < -0.4 is 26.6 Å². The number of β-amino-alcohol motifs (C(OH)–C–C–N with tert-alkyl or cyclic N) is 1. The Balaban J connectivity index is 1.34. The second-order valence-corrected chi connectivity index (χ2v) is 15.7. The van der Waals surface area contributed by atoms with Crippen molar-refractivity contribution in [2.45, 2.75) is 151 Å². The van der Waals surface area contributed by atoms with Crippen molar-refractivity contribution in [1.29, 1.82) is 0 Å². The highest BCUT2D eigenvalue weighted by atomic mass is 16.4. The number of fused-ring (bicyclic) bond motifs is 4. The van der Waals surface area contributed by atoms with Crippen LogP contribution in [0, 0.1) is 5.92 Å². The summed E-state index contributed by atoms with van der Waals surface area (Å²) in [5.74, 6) is -0.910. The zero-order valence-electron chi connectivity index (χ0n) is 28.5. The molecule has 4 bridgehead atoms. The number of carboxylic acids is 1. The molecule has 264 valence electrons. The molecule has 0 aromatic heterocycles. The van der Waals surface area contributed by atoms with E-state index in [1.54, 1.807) is 0 Å². The van der Waals surface area contributed by atoms with E-state index < -0.39 is 23.8 Å². The number of nitrogens with zero attached hydrogens (tertiary/aromatic N) is 1. The van der Waals surface area contributed by atoms with Crippen LogP contribution in [0.25, 0.3) is 0 Å². The van der Waals surface area contributed by atoms with Crippen molar-refractivity contribution in [1.82, 2.24) is 16.0 Å². The van der Waals surface area contributed by atoms with E-state index in [2.05, 4.69) is 52.1 Å². The van der Waals surface area contributed by atoms with Crippen molar-refractivity contribution in [2.24, 2.45) is 16.6 Å². The zero-order chi connectivity index (χ0) is 33.6. The van der Waals surface area contributed by atoms with Gasteiger partial charge in [-0.05, 0) is 75.8 Å². The first-order valence-electron chi connectivity index (χ1n) is 18.1. The fraction of sp³-hybridized carbons (Fsp3) is 0.778. The molecule has 4 aliphatic heterocycles. The molecule has 2 fully saturated rings. The summed E-state index contributed by atoms with van der Waals surface area (Å²) in [6.45, 7) is 5.95. The van der Waals surface area contributed by atoms with Crippen LogP contribution in [-0.2, 0) is 17.6 Å². The maximum Gasteiger partial charge on any atom is 0.306 e. The number of aliphatic carboxylic acids is 1. The molecular weight excluding hydrogens is 596 g/mol. The van der Waals surface area contributed by atoms with Gasteiger partial charge in [-0.25, -0.2) is 4.99 Å². The number of aliphatic imine (C=N–C) groups is 1. The highest BCUT2D eigenvalue weighted by Gasteiger charge is 2.42. The Labute approximate surface area is 280 Å². The lowest BCUT2D eigenvalue weighted by Gasteiger charge is -2.44. The number of nitrogens with two attached hydrogens (primary N) is 1. The van der Waals surface area contributed by atoms with Gasteiger partial charge in [-0.15, -0.1) is 0 Å². The number of hydrogen-bond donors (Lipinski definition) is 9. The Morgan fingerprint density at radius 2 is 1.91 bits per heavy atom. The minimum Gasteiger partial charge on any atom is -0.481 e. The number of quaternary nitrogens is 1. The van der Waals surface area contributed by atoms with Gasteiger partial charge in [0.25, 0.3) is 0 Å². The molecule has 0 spiro atoms. The second-order valence-electron chi connectivity index (χ2n) is 15.7. The van der Waals surface area contributed by atoms with Gasteiger partial charge >= 0.3 is 5.97 Å². The Bertz CT molecular complexity index is 1200. The molecule has 5 rings (SSSR count). The van der Waals surface area contributed by atoms with E-state index in [1.165, 1.54) is 16.0 Å². The lowest BCUT2D eigenvalue weighted by atomic mass is 9.80. The van der Waals surface area contributed by atoms with E-state index in [9.17, 15) is 25.2 Å². The van der Waals surface area contributed by atoms with E-state index >= 15 is 0 Å². The normalized spacial score (nSPS) is 39.9. The molecule has 0 amide bonds. The first kappa shape index (κ1) is 36.3. The van der Waals surface area contributed by atoms with Gasteiger partial charge in [-0.3, -0.25) is 10.1 Å². The molecule has 47 heavy (non-hydrogen) atoms. The fourth-order valence-electron chi connectivity index (χ4n) is 8.85. The third-order valence-electron chi connectivity index (χ3n) is 11.5. The number of aliphatic hydroxyl groups excluding tert-OH is 2. The minimum absolute atomic E-state index is 0.0216. The molecule has 10 N–H and O–H groups in total. The summed E-state index contributed by atoms with van der Waals surface area (Å²) < 4.78 is 0. The monoisotopic (exact) mass is 657 g/mol. The van der Waals surface area contributed by atoms with Crippen LogP contribution in [0.1, 0.15) is 95.6 Å². The van der Waals surface area contributed by atoms with Crippen molar-refractivity contribution < 1.29 is 30.1 Å². The van der Waals surface area contributed by atoms with Gasteiger partial charge in [0, 0.05) is 30.6 Å². The summed E-state index contributed by atoms with van der Waals surface area (Å²) in [5, 5.41) is 54.4. The SMILES string of the molecule is CC1NC(CC(O)C2CCCCCCC(O)(CC(=O)O)CNC3(C)CC(N)NC(Cc4cccc(c4)C2)C3)C([NH+]2CC=NC2)CC1O.